The number of aryl methyl sites for hydroxylation is 1. The molecule has 0 saturated carbocycles. The first-order chi connectivity index (χ1) is 5.83. The van der Waals surface area contributed by atoms with Gasteiger partial charge in [-0.05, 0) is 36.9 Å². The van der Waals surface area contributed by atoms with Crippen LogP contribution >= 0.6 is 11.3 Å². The first-order valence-corrected chi connectivity index (χ1v) is 5.44. The molecule has 1 unspecified atom stereocenters. The van der Waals surface area contributed by atoms with Crippen LogP contribution in [0.15, 0.2) is 11.4 Å². The number of hydrogen-bond acceptors (Lipinski definition) is 2. The summed E-state index contributed by atoms with van der Waals surface area (Å²) in [5.74, 6) is 0. The minimum absolute atomic E-state index is 0.556. The third kappa shape index (κ3) is 1.87. The Kier molecular flexibility index (Phi) is 3.76. The Balaban J connectivity index is 2.83. The molecule has 0 aliphatic carbocycles. The fourth-order valence-corrected chi connectivity index (χ4v) is 2.66. The summed E-state index contributed by atoms with van der Waals surface area (Å²) in [4.78, 5) is 1.52. The van der Waals surface area contributed by atoms with Crippen LogP contribution in [0.5, 0.6) is 0 Å². The highest BCUT2D eigenvalue weighted by Crippen LogP contribution is 2.26. The van der Waals surface area contributed by atoms with Gasteiger partial charge in [0, 0.05) is 10.9 Å². The molecule has 1 heterocycles. The van der Waals surface area contributed by atoms with Crippen LogP contribution in [0.4, 0.5) is 0 Å². The van der Waals surface area contributed by atoms with Crippen LogP contribution in [-0.2, 0) is 6.42 Å². The molecule has 0 spiro atoms. The largest absolute Gasteiger partial charge is 0.312 e. The van der Waals surface area contributed by atoms with E-state index in [0.29, 0.717) is 6.04 Å². The van der Waals surface area contributed by atoms with Gasteiger partial charge in [-0.2, -0.15) is 0 Å². The van der Waals surface area contributed by atoms with Crippen molar-refractivity contribution in [2.24, 2.45) is 0 Å². The maximum Gasteiger partial charge on any atom is 0.0412 e. The molecule has 1 rings (SSSR count). The van der Waals surface area contributed by atoms with Crippen molar-refractivity contribution in [1.29, 1.82) is 0 Å². The molecule has 2 heteroatoms. The first kappa shape index (κ1) is 9.75. The van der Waals surface area contributed by atoms with E-state index in [1.165, 1.54) is 16.9 Å². The summed E-state index contributed by atoms with van der Waals surface area (Å²) in [5.41, 5.74) is 1.50. The number of hydrogen-bond donors (Lipinski definition) is 1. The molecule has 1 N–H and O–H groups in total. The lowest BCUT2D eigenvalue weighted by Gasteiger charge is -2.13. The second-order valence-corrected chi connectivity index (χ2v) is 3.86. The Morgan fingerprint density at radius 3 is 2.75 bits per heavy atom. The second kappa shape index (κ2) is 4.63. The number of nitrogens with one attached hydrogen (secondary N) is 1. The summed E-state index contributed by atoms with van der Waals surface area (Å²) in [7, 11) is 2.04. The molecule has 0 aliphatic rings. The Bertz CT molecular complexity index is 225. The third-order valence-electron chi connectivity index (χ3n) is 2.23. The predicted octanol–water partition coefficient (Wildman–Crippen LogP) is 2.98. The minimum atomic E-state index is 0.556. The van der Waals surface area contributed by atoms with E-state index < -0.39 is 0 Å². The number of rotatable bonds is 4. The molecule has 0 bridgehead atoms. The molecule has 1 nitrogen and oxygen atoms in total. The van der Waals surface area contributed by atoms with Crippen molar-refractivity contribution in [3.63, 3.8) is 0 Å². The quantitative estimate of drug-likeness (QED) is 0.756. The van der Waals surface area contributed by atoms with Gasteiger partial charge in [-0.25, -0.2) is 0 Å². The van der Waals surface area contributed by atoms with Crippen molar-refractivity contribution < 1.29 is 0 Å². The zero-order chi connectivity index (χ0) is 8.97. The molecule has 0 amide bonds. The van der Waals surface area contributed by atoms with Crippen molar-refractivity contribution in [3.05, 3.63) is 21.9 Å². The molecule has 0 saturated heterocycles. The molecule has 1 atom stereocenters. The highest BCUT2D eigenvalue weighted by atomic mass is 32.1. The van der Waals surface area contributed by atoms with Crippen molar-refractivity contribution in [1.82, 2.24) is 5.32 Å². The van der Waals surface area contributed by atoms with Crippen molar-refractivity contribution in [2.75, 3.05) is 7.05 Å². The highest BCUT2D eigenvalue weighted by Gasteiger charge is 2.11. The van der Waals surface area contributed by atoms with Crippen LogP contribution in [0.3, 0.4) is 0 Å². The van der Waals surface area contributed by atoms with Crippen LogP contribution in [-0.4, -0.2) is 7.05 Å². The molecule has 0 fully saturated rings. The lowest BCUT2D eigenvalue weighted by atomic mass is 10.1. The molecular formula is C10H17NS. The Morgan fingerprint density at radius 1 is 1.50 bits per heavy atom. The smallest absolute Gasteiger partial charge is 0.0412 e. The van der Waals surface area contributed by atoms with Gasteiger partial charge >= 0.3 is 0 Å². The lowest BCUT2D eigenvalue weighted by molar-refractivity contribution is 0.582. The topological polar surface area (TPSA) is 12.0 Å². The fourth-order valence-electron chi connectivity index (χ4n) is 1.47. The normalized spacial score (nSPS) is 13.2. The van der Waals surface area contributed by atoms with E-state index >= 15 is 0 Å². The van der Waals surface area contributed by atoms with Gasteiger partial charge in [-0.15, -0.1) is 11.3 Å². The third-order valence-corrected chi connectivity index (χ3v) is 3.31. The van der Waals surface area contributed by atoms with Crippen LogP contribution in [0.2, 0.25) is 0 Å². The molecule has 0 aliphatic heterocycles. The highest BCUT2D eigenvalue weighted by molar-refractivity contribution is 7.10. The molecule has 1 aromatic heterocycles. The first-order valence-electron chi connectivity index (χ1n) is 4.57. The van der Waals surface area contributed by atoms with E-state index in [1.54, 1.807) is 0 Å². The van der Waals surface area contributed by atoms with Crippen LogP contribution in [0.1, 0.15) is 36.8 Å². The fraction of sp³-hybridized carbons (Fsp3) is 0.600. The SMILES string of the molecule is CCc1ccsc1C(CC)NC. The monoisotopic (exact) mass is 183 g/mol. The van der Waals surface area contributed by atoms with Crippen LogP contribution in [0, 0.1) is 0 Å². The zero-order valence-electron chi connectivity index (χ0n) is 8.05. The Labute approximate surface area is 78.8 Å². The maximum absolute atomic E-state index is 3.34. The van der Waals surface area contributed by atoms with E-state index in [0.717, 1.165) is 6.42 Å². The molecule has 1 aromatic rings. The summed E-state index contributed by atoms with van der Waals surface area (Å²) in [5, 5.41) is 5.53. The van der Waals surface area contributed by atoms with Gasteiger partial charge in [0.25, 0.3) is 0 Å². The van der Waals surface area contributed by atoms with Crippen molar-refractivity contribution in [2.45, 2.75) is 32.7 Å². The van der Waals surface area contributed by atoms with Gasteiger partial charge in [0.05, 0.1) is 0 Å². The summed E-state index contributed by atoms with van der Waals surface area (Å²) >= 11 is 1.87. The van der Waals surface area contributed by atoms with Gasteiger partial charge in [0.1, 0.15) is 0 Å². The van der Waals surface area contributed by atoms with Crippen molar-refractivity contribution >= 4 is 11.3 Å². The van der Waals surface area contributed by atoms with Crippen molar-refractivity contribution in [3.8, 4) is 0 Å². The van der Waals surface area contributed by atoms with Crippen LogP contribution in [0.25, 0.3) is 0 Å². The second-order valence-electron chi connectivity index (χ2n) is 2.91. The zero-order valence-corrected chi connectivity index (χ0v) is 8.87. The summed E-state index contributed by atoms with van der Waals surface area (Å²) in [6.07, 6.45) is 2.32. The van der Waals surface area contributed by atoms with Gasteiger partial charge in [0.15, 0.2) is 0 Å². The molecule has 0 aromatic carbocycles. The van der Waals surface area contributed by atoms with E-state index in [2.05, 4.69) is 30.6 Å². The van der Waals surface area contributed by atoms with Gasteiger partial charge < -0.3 is 5.32 Å². The molecule has 0 radical (unpaired) electrons. The summed E-state index contributed by atoms with van der Waals surface area (Å²) in [6.45, 7) is 4.44. The standard InChI is InChI=1S/C10H17NS/c1-4-8-6-7-12-10(8)9(5-2)11-3/h6-7,9,11H,4-5H2,1-3H3. The van der Waals surface area contributed by atoms with E-state index in [4.69, 9.17) is 0 Å². The molecular weight excluding hydrogens is 166 g/mol. The lowest BCUT2D eigenvalue weighted by Crippen LogP contribution is -2.15. The Morgan fingerprint density at radius 2 is 2.25 bits per heavy atom. The van der Waals surface area contributed by atoms with E-state index in [9.17, 15) is 0 Å². The average molecular weight is 183 g/mol. The summed E-state index contributed by atoms with van der Waals surface area (Å²) in [6, 6.07) is 2.79. The van der Waals surface area contributed by atoms with Gasteiger partial charge in [0.2, 0.25) is 0 Å². The number of thiophene rings is 1. The van der Waals surface area contributed by atoms with Gasteiger partial charge in [-0.3, -0.25) is 0 Å². The average Bonchev–Trinajstić information content (AvgIpc) is 2.55. The van der Waals surface area contributed by atoms with Gasteiger partial charge in [-0.1, -0.05) is 13.8 Å². The van der Waals surface area contributed by atoms with E-state index in [1.807, 2.05) is 18.4 Å². The maximum atomic E-state index is 3.34. The molecule has 68 valence electrons. The van der Waals surface area contributed by atoms with Crippen LogP contribution < -0.4 is 5.32 Å². The predicted molar refractivity (Wildman–Crippen MR) is 55.8 cm³/mol. The molecule has 12 heavy (non-hydrogen) atoms. The Hall–Kier alpha value is -0.340. The van der Waals surface area contributed by atoms with E-state index in [-0.39, 0.29) is 0 Å². The minimum Gasteiger partial charge on any atom is -0.312 e. The summed E-state index contributed by atoms with van der Waals surface area (Å²) < 4.78 is 0.